The molecule has 1 atom stereocenters. The fourth-order valence-corrected chi connectivity index (χ4v) is 3.51. The molecule has 0 bridgehead atoms. The van der Waals surface area contributed by atoms with E-state index in [9.17, 15) is 0 Å². The van der Waals surface area contributed by atoms with Crippen molar-refractivity contribution in [2.24, 2.45) is 16.7 Å². The van der Waals surface area contributed by atoms with E-state index in [4.69, 9.17) is 4.74 Å². The fraction of sp³-hybridized carbons (Fsp3) is 0.647. The fourth-order valence-electron chi connectivity index (χ4n) is 3.51. The quantitative estimate of drug-likeness (QED) is 0.885. The van der Waals surface area contributed by atoms with Gasteiger partial charge in [0.1, 0.15) is 11.9 Å². The first kappa shape index (κ1) is 13.7. The molecule has 0 radical (unpaired) electrons. The van der Waals surface area contributed by atoms with Gasteiger partial charge < -0.3 is 15.4 Å². The lowest BCUT2D eigenvalue weighted by Crippen LogP contribution is -2.40. The highest BCUT2D eigenvalue weighted by atomic mass is 16.5. The molecule has 1 aromatic rings. The maximum absolute atomic E-state index is 6.01. The second-order valence-corrected chi connectivity index (χ2v) is 7.27. The van der Waals surface area contributed by atoms with Crippen LogP contribution in [0.15, 0.2) is 24.3 Å². The van der Waals surface area contributed by atoms with Crippen LogP contribution in [0.2, 0.25) is 0 Å². The van der Waals surface area contributed by atoms with E-state index in [1.807, 2.05) is 18.2 Å². The molecule has 1 saturated carbocycles. The van der Waals surface area contributed by atoms with Crippen molar-refractivity contribution in [3.63, 3.8) is 0 Å². The molecule has 1 aliphatic carbocycles. The molecule has 110 valence electrons. The topological polar surface area (TPSA) is 33.3 Å². The predicted octanol–water partition coefficient (Wildman–Crippen LogP) is 3.13. The molecule has 0 amide bonds. The summed E-state index contributed by atoms with van der Waals surface area (Å²) in [5, 5.41) is 7.03. The molecule has 1 fully saturated rings. The van der Waals surface area contributed by atoms with Crippen LogP contribution in [-0.2, 0) is 0 Å². The normalized spacial score (nSPS) is 26.3. The van der Waals surface area contributed by atoms with Gasteiger partial charge in [0.15, 0.2) is 0 Å². The van der Waals surface area contributed by atoms with Crippen LogP contribution in [0.3, 0.4) is 0 Å². The lowest BCUT2D eigenvalue weighted by molar-refractivity contribution is 0.200. The van der Waals surface area contributed by atoms with Gasteiger partial charge in [-0.15, -0.1) is 0 Å². The average Bonchev–Trinajstić information content (AvgIpc) is 2.81. The second-order valence-electron chi connectivity index (χ2n) is 7.27. The zero-order chi connectivity index (χ0) is 14.4. The number of fused-ring (bicyclic) bond motifs is 1. The van der Waals surface area contributed by atoms with Crippen molar-refractivity contribution in [3.8, 4) is 5.75 Å². The van der Waals surface area contributed by atoms with E-state index in [2.05, 4.69) is 44.4 Å². The predicted molar refractivity (Wildman–Crippen MR) is 83.3 cm³/mol. The third kappa shape index (κ3) is 2.18. The molecule has 1 aliphatic heterocycles. The molecular formula is C17H26N2O. The minimum Gasteiger partial charge on any atom is -0.485 e. The highest BCUT2D eigenvalue weighted by Gasteiger charge is 2.63. The van der Waals surface area contributed by atoms with Crippen molar-refractivity contribution in [3.05, 3.63) is 24.3 Å². The first-order chi connectivity index (χ1) is 9.43. The molecule has 3 heteroatoms. The number of para-hydroxylation sites is 2. The number of hydrogen-bond donors (Lipinski definition) is 2. The summed E-state index contributed by atoms with van der Waals surface area (Å²) in [5.74, 6) is 1.73. The number of rotatable bonds is 4. The molecule has 0 spiro atoms. The number of ether oxygens (including phenoxy) is 1. The summed E-state index contributed by atoms with van der Waals surface area (Å²) >= 11 is 0. The van der Waals surface area contributed by atoms with Crippen LogP contribution >= 0.6 is 0 Å². The Bertz CT molecular complexity index is 482. The molecule has 1 heterocycles. The highest BCUT2D eigenvalue weighted by Crippen LogP contribution is 2.67. The molecule has 3 rings (SSSR count). The van der Waals surface area contributed by atoms with Crippen molar-refractivity contribution in [2.75, 3.05) is 25.0 Å². The minimum atomic E-state index is 0.217. The van der Waals surface area contributed by atoms with Crippen LogP contribution in [0.4, 0.5) is 5.69 Å². The monoisotopic (exact) mass is 274 g/mol. The zero-order valence-corrected chi connectivity index (χ0v) is 13.0. The number of benzene rings is 1. The summed E-state index contributed by atoms with van der Waals surface area (Å²) in [5.41, 5.74) is 2.02. The van der Waals surface area contributed by atoms with Crippen molar-refractivity contribution >= 4 is 5.69 Å². The first-order valence-corrected chi connectivity index (χ1v) is 7.63. The largest absolute Gasteiger partial charge is 0.485 e. The van der Waals surface area contributed by atoms with E-state index in [0.717, 1.165) is 37.0 Å². The maximum atomic E-state index is 6.01. The van der Waals surface area contributed by atoms with Crippen molar-refractivity contribution in [1.29, 1.82) is 0 Å². The SMILES string of the molecule is CC1(C)C(CNCC2CNc3ccccc3O2)C1(C)C. The average molecular weight is 274 g/mol. The van der Waals surface area contributed by atoms with Crippen molar-refractivity contribution in [2.45, 2.75) is 33.8 Å². The minimum absolute atomic E-state index is 0.217. The van der Waals surface area contributed by atoms with Gasteiger partial charge >= 0.3 is 0 Å². The standard InChI is InChI=1S/C17H26N2O/c1-16(2)15(17(16,3)4)11-18-9-12-10-19-13-7-5-6-8-14(13)20-12/h5-8,12,15,18-19H,9-11H2,1-4H3. The zero-order valence-electron chi connectivity index (χ0n) is 13.0. The van der Waals surface area contributed by atoms with Crippen LogP contribution in [0.1, 0.15) is 27.7 Å². The van der Waals surface area contributed by atoms with Gasteiger partial charge in [0.05, 0.1) is 12.2 Å². The Kier molecular flexibility index (Phi) is 3.20. The molecule has 2 aliphatic rings. The summed E-state index contributed by atoms with van der Waals surface area (Å²) in [6.45, 7) is 12.3. The van der Waals surface area contributed by atoms with Gasteiger partial charge in [-0.3, -0.25) is 0 Å². The Hall–Kier alpha value is -1.22. The Morgan fingerprint density at radius 2 is 1.85 bits per heavy atom. The number of nitrogens with one attached hydrogen (secondary N) is 2. The van der Waals surface area contributed by atoms with Crippen LogP contribution in [0, 0.1) is 16.7 Å². The third-order valence-corrected chi connectivity index (χ3v) is 5.74. The van der Waals surface area contributed by atoms with Gasteiger partial charge in [-0.25, -0.2) is 0 Å². The Morgan fingerprint density at radius 1 is 1.15 bits per heavy atom. The molecule has 2 N–H and O–H groups in total. The summed E-state index contributed by atoms with van der Waals surface area (Å²) < 4.78 is 6.01. The lowest BCUT2D eigenvalue weighted by atomic mass is 10.0. The van der Waals surface area contributed by atoms with Crippen molar-refractivity contribution in [1.82, 2.24) is 5.32 Å². The highest BCUT2D eigenvalue weighted by molar-refractivity contribution is 5.57. The summed E-state index contributed by atoms with van der Waals surface area (Å²) in [6.07, 6.45) is 0.217. The van der Waals surface area contributed by atoms with Crippen LogP contribution in [0.5, 0.6) is 5.75 Å². The Labute approximate surface area is 122 Å². The molecule has 0 saturated heterocycles. The molecule has 0 aromatic heterocycles. The second kappa shape index (κ2) is 4.66. The van der Waals surface area contributed by atoms with E-state index >= 15 is 0 Å². The molecular weight excluding hydrogens is 248 g/mol. The van der Waals surface area contributed by atoms with E-state index in [1.54, 1.807) is 0 Å². The first-order valence-electron chi connectivity index (χ1n) is 7.63. The maximum Gasteiger partial charge on any atom is 0.142 e. The molecule has 1 aromatic carbocycles. The molecule has 1 unspecified atom stereocenters. The van der Waals surface area contributed by atoms with Gasteiger partial charge in [-0.2, -0.15) is 0 Å². The van der Waals surface area contributed by atoms with Crippen LogP contribution in [-0.4, -0.2) is 25.7 Å². The van der Waals surface area contributed by atoms with Crippen LogP contribution < -0.4 is 15.4 Å². The number of anilines is 1. The summed E-state index contributed by atoms with van der Waals surface area (Å²) in [4.78, 5) is 0. The van der Waals surface area contributed by atoms with Gasteiger partial charge in [0.2, 0.25) is 0 Å². The van der Waals surface area contributed by atoms with Crippen molar-refractivity contribution < 1.29 is 4.74 Å². The van der Waals surface area contributed by atoms with E-state index < -0.39 is 0 Å². The van der Waals surface area contributed by atoms with E-state index in [0.29, 0.717) is 10.8 Å². The smallest absolute Gasteiger partial charge is 0.142 e. The van der Waals surface area contributed by atoms with Gasteiger partial charge in [-0.1, -0.05) is 39.8 Å². The summed E-state index contributed by atoms with van der Waals surface area (Å²) in [6, 6.07) is 8.15. The Morgan fingerprint density at radius 3 is 2.55 bits per heavy atom. The van der Waals surface area contributed by atoms with Gasteiger partial charge in [0.25, 0.3) is 0 Å². The van der Waals surface area contributed by atoms with Gasteiger partial charge in [0, 0.05) is 6.54 Å². The van der Waals surface area contributed by atoms with E-state index in [-0.39, 0.29) is 6.10 Å². The number of hydrogen-bond acceptors (Lipinski definition) is 3. The van der Waals surface area contributed by atoms with E-state index in [1.165, 1.54) is 0 Å². The summed E-state index contributed by atoms with van der Waals surface area (Å²) in [7, 11) is 0. The third-order valence-electron chi connectivity index (χ3n) is 5.74. The molecule has 3 nitrogen and oxygen atoms in total. The van der Waals surface area contributed by atoms with Gasteiger partial charge in [-0.05, 0) is 35.4 Å². The van der Waals surface area contributed by atoms with Crippen LogP contribution in [0.25, 0.3) is 0 Å². The Balaban J connectivity index is 1.47. The lowest BCUT2D eigenvalue weighted by Gasteiger charge is -2.27. The molecule has 20 heavy (non-hydrogen) atoms.